The summed E-state index contributed by atoms with van der Waals surface area (Å²) in [5.41, 5.74) is 0. The van der Waals surface area contributed by atoms with Gasteiger partial charge in [0.15, 0.2) is 0 Å². The second-order valence-electron chi connectivity index (χ2n) is 0.408. The number of hydrogen-bond acceptors (Lipinski definition) is 4. The molecule has 0 N–H and O–H groups in total. The minimum absolute atomic E-state index is 0. The number of rotatable bonds is 0. The topological polar surface area (TPSA) is 80.3 Å². The van der Waals surface area contributed by atoms with Crippen molar-refractivity contribution >= 4 is 10.4 Å². The van der Waals surface area contributed by atoms with E-state index in [1.165, 1.54) is 0 Å². The maximum absolute atomic E-state index is 8.52. The van der Waals surface area contributed by atoms with Crippen molar-refractivity contribution in [3.05, 3.63) is 0 Å². The van der Waals surface area contributed by atoms with Crippen LogP contribution in [0, 0.1) is 0 Å². The smallest absolute Gasteiger partial charge is 1.00 e. The zero-order chi connectivity index (χ0) is 4.50. The van der Waals surface area contributed by atoms with Gasteiger partial charge in [0.2, 0.25) is 0 Å². The Labute approximate surface area is 51.5 Å². The first-order valence-electron chi connectivity index (χ1n) is 0.667. The Kier molecular flexibility index (Phi) is 4.41. The molecule has 0 saturated heterocycles. The molecule has 0 aliphatic rings. The van der Waals surface area contributed by atoms with Gasteiger partial charge in [-0.3, -0.25) is 8.42 Å². The van der Waals surface area contributed by atoms with Crippen molar-refractivity contribution in [2.45, 2.75) is 0 Å². The molecular weight excluding hydrogens is 144 g/mol. The van der Waals surface area contributed by atoms with E-state index in [1.54, 1.807) is 0 Å². The standard InChI is InChI=1S/H2O4S.Ti.H/c1-5(2,3)4;;/h(H2,1,2,3,4);;/q;+3;-1/p-2/i;;1+1. The van der Waals surface area contributed by atoms with Crippen molar-refractivity contribution in [3.8, 4) is 0 Å². The summed E-state index contributed by atoms with van der Waals surface area (Å²) in [7, 11) is -5.17. The van der Waals surface area contributed by atoms with Gasteiger partial charge >= 0.3 is 21.7 Å². The van der Waals surface area contributed by atoms with E-state index < -0.39 is 10.4 Å². The fourth-order valence-corrected chi connectivity index (χ4v) is 0. The maximum Gasteiger partial charge on any atom is 3.00 e. The minimum atomic E-state index is -5.17. The van der Waals surface area contributed by atoms with Crippen LogP contribution in [-0.4, -0.2) is 17.5 Å². The second-order valence-corrected chi connectivity index (χ2v) is 1.22. The maximum atomic E-state index is 8.52. The van der Waals surface area contributed by atoms with Crippen LogP contribution < -0.4 is 0 Å². The Morgan fingerprint density at radius 3 is 1.33 bits per heavy atom. The van der Waals surface area contributed by atoms with Gasteiger partial charge in [-0.05, 0) is 0 Å². The van der Waals surface area contributed by atoms with E-state index >= 15 is 0 Å². The Morgan fingerprint density at radius 1 is 1.33 bits per heavy atom. The molecule has 6 heteroatoms. The molecule has 0 aliphatic carbocycles. The fraction of sp³-hybridized carbons (Fsp3) is 0. The zero-order valence-electron chi connectivity index (χ0n) is 3.54. The quantitative estimate of drug-likeness (QED) is 0.243. The normalized spacial score (nSPS) is 9.67. The van der Waals surface area contributed by atoms with Gasteiger partial charge in [0, 0.05) is 10.4 Å². The van der Waals surface area contributed by atoms with E-state index in [9.17, 15) is 0 Å². The first kappa shape index (κ1) is 9.77. The van der Waals surface area contributed by atoms with Gasteiger partial charge < -0.3 is 10.5 Å². The molecule has 0 fully saturated rings. The van der Waals surface area contributed by atoms with Crippen LogP contribution in [0.15, 0.2) is 0 Å². The van der Waals surface area contributed by atoms with Crippen LogP contribution in [0.4, 0.5) is 0 Å². The van der Waals surface area contributed by atoms with E-state index in [4.69, 9.17) is 17.5 Å². The van der Waals surface area contributed by atoms with Crippen LogP contribution in [0.3, 0.4) is 0 Å². The zero-order valence-corrected chi connectivity index (χ0v) is 4.92. The number of hydrogen-bond donors (Lipinski definition) is 0. The molecule has 0 unspecified atom stereocenters. The molecule has 0 saturated carbocycles. The van der Waals surface area contributed by atoms with E-state index in [1.807, 2.05) is 0 Å². The molecule has 0 aromatic carbocycles. The van der Waals surface area contributed by atoms with Gasteiger partial charge in [-0.2, -0.15) is 0 Å². The van der Waals surface area contributed by atoms with Crippen molar-refractivity contribution in [1.82, 2.24) is 0 Å². The average Bonchev–Trinajstić information content (AvgIpc) is 0.722. The van der Waals surface area contributed by atoms with E-state index in [2.05, 4.69) is 0 Å². The molecule has 4 nitrogen and oxygen atoms in total. The molecule has 0 rings (SSSR count). The van der Waals surface area contributed by atoms with E-state index in [-0.39, 0.29) is 23.1 Å². The Morgan fingerprint density at radius 2 is 1.33 bits per heavy atom. The summed E-state index contributed by atoms with van der Waals surface area (Å²) < 4.78 is 34.1. The van der Waals surface area contributed by atoms with E-state index in [0.29, 0.717) is 0 Å². The van der Waals surface area contributed by atoms with Gasteiger partial charge in [0.25, 0.3) is 0 Å². The van der Waals surface area contributed by atoms with Crippen LogP contribution >= 0.6 is 0 Å². The molecule has 1 radical (unpaired) electrons. The predicted molar refractivity (Wildman–Crippen MR) is 11.6 cm³/mol. The molecular formula is HO4STi. The first-order chi connectivity index (χ1) is 2.00. The molecule has 0 amide bonds. The Hall–Kier alpha value is 0.584. The second kappa shape index (κ2) is 2.71. The molecule has 6 heavy (non-hydrogen) atoms. The van der Waals surface area contributed by atoms with Gasteiger partial charge in [-0.25, -0.2) is 0 Å². The Bertz CT molecular complexity index is 94.9. The molecule has 0 atom stereocenters. The minimum Gasteiger partial charge on any atom is -1.00 e. The summed E-state index contributed by atoms with van der Waals surface area (Å²) in [6.45, 7) is 0. The third kappa shape index (κ3) is 173. The van der Waals surface area contributed by atoms with Crippen molar-refractivity contribution in [3.63, 3.8) is 0 Å². The van der Waals surface area contributed by atoms with Crippen molar-refractivity contribution in [2.75, 3.05) is 0 Å². The Balaban J connectivity index is -0.0000000800. The van der Waals surface area contributed by atoms with Crippen LogP contribution in [-0.2, 0) is 32.1 Å². The third-order valence-electron chi connectivity index (χ3n) is 0. The summed E-state index contributed by atoms with van der Waals surface area (Å²) in [6, 6.07) is 0. The van der Waals surface area contributed by atoms with Gasteiger partial charge in [-0.15, -0.1) is 0 Å². The third-order valence-corrected chi connectivity index (χ3v) is 0. The van der Waals surface area contributed by atoms with Gasteiger partial charge in [0.1, 0.15) is 0 Å². The molecule has 0 aromatic heterocycles. The van der Waals surface area contributed by atoms with Crippen molar-refractivity contribution < 1.29 is 40.7 Å². The largest absolute Gasteiger partial charge is 3.00 e. The van der Waals surface area contributed by atoms with E-state index in [0.717, 1.165) is 0 Å². The van der Waals surface area contributed by atoms with Gasteiger partial charge in [-0.1, -0.05) is 0 Å². The molecule has 0 aromatic rings. The predicted octanol–water partition coefficient (Wildman–Crippen LogP) is -1.23. The molecule has 0 spiro atoms. The van der Waals surface area contributed by atoms with Crippen LogP contribution in [0.5, 0.6) is 0 Å². The average molecular weight is 146 g/mol. The van der Waals surface area contributed by atoms with Crippen molar-refractivity contribution in [2.24, 2.45) is 0 Å². The summed E-state index contributed by atoms with van der Waals surface area (Å²) in [5, 5.41) is 0. The molecule has 0 bridgehead atoms. The van der Waals surface area contributed by atoms with Crippen LogP contribution in [0.2, 0.25) is 0 Å². The summed E-state index contributed by atoms with van der Waals surface area (Å²) in [5.74, 6) is 0. The summed E-state index contributed by atoms with van der Waals surface area (Å²) >= 11 is 0. The van der Waals surface area contributed by atoms with Crippen molar-refractivity contribution in [1.29, 1.82) is 0 Å². The summed E-state index contributed by atoms with van der Waals surface area (Å²) in [4.78, 5) is 0. The van der Waals surface area contributed by atoms with Crippen LogP contribution in [0.1, 0.15) is 1.43 Å². The SMILES string of the molecule is O=S(=O)([O-])[O-].[2H-].[Ti+3]. The monoisotopic (exact) mass is 146 g/mol. The molecule has 0 aliphatic heterocycles. The van der Waals surface area contributed by atoms with Crippen LogP contribution in [0.25, 0.3) is 0 Å². The molecule has 35 valence electrons. The van der Waals surface area contributed by atoms with Gasteiger partial charge in [0.05, 0.1) is 0 Å². The molecule has 0 heterocycles. The first-order valence-corrected chi connectivity index (χ1v) is 2.00. The fourth-order valence-electron chi connectivity index (χ4n) is 0. The summed E-state index contributed by atoms with van der Waals surface area (Å²) in [6.07, 6.45) is 0.